The molecule has 1 aromatic rings. The van der Waals surface area contributed by atoms with Gasteiger partial charge < -0.3 is 15.7 Å². The number of hydrogen-bond acceptors (Lipinski definition) is 4. The maximum Gasteiger partial charge on any atom is 0.247 e. The Hall–Kier alpha value is -0.950. The predicted octanol–water partition coefficient (Wildman–Crippen LogP) is 0.760. The van der Waals surface area contributed by atoms with Crippen molar-refractivity contribution in [2.45, 2.75) is 12.5 Å². The first-order chi connectivity index (χ1) is 9.95. The number of piperazine rings is 1. The largest absolute Gasteiger partial charge is 0.395 e. The predicted molar refractivity (Wildman–Crippen MR) is 85.8 cm³/mol. The molecule has 3 N–H and O–H groups in total. The van der Waals surface area contributed by atoms with Gasteiger partial charge in [0, 0.05) is 37.2 Å². The minimum atomic E-state index is -1.01. The lowest BCUT2D eigenvalue weighted by Crippen LogP contribution is -2.57. The molecule has 1 fully saturated rings. The molecule has 0 spiro atoms. The number of rotatable bonds is 4. The molecule has 0 aliphatic carbocycles. The third-order valence-corrected chi connectivity index (χ3v) is 4.49. The summed E-state index contributed by atoms with van der Waals surface area (Å²) in [6, 6.07) is 7.55. The Labute approximate surface area is 133 Å². The first-order valence-corrected chi connectivity index (χ1v) is 7.92. The average Bonchev–Trinajstić information content (AvgIpc) is 2.48. The number of halogens is 1. The summed E-state index contributed by atoms with van der Waals surface area (Å²) >= 11 is 3.39. The molecule has 1 heterocycles. The summed E-state index contributed by atoms with van der Waals surface area (Å²) in [6.07, 6.45) is 0. The molecular weight excluding hydrogens is 334 g/mol. The van der Waals surface area contributed by atoms with Crippen LogP contribution in [0.25, 0.3) is 0 Å². The highest BCUT2D eigenvalue weighted by molar-refractivity contribution is 9.10. The smallest absolute Gasteiger partial charge is 0.247 e. The van der Waals surface area contributed by atoms with Crippen molar-refractivity contribution in [1.82, 2.24) is 9.80 Å². The fourth-order valence-corrected chi connectivity index (χ4v) is 2.83. The lowest BCUT2D eigenvalue weighted by atomic mass is 9.91. The summed E-state index contributed by atoms with van der Waals surface area (Å²) in [5.74, 6) is -0.0477. The number of nitrogens with two attached hydrogens (primary N) is 1. The number of β-amino-alcohol motifs (C(OH)–C–C–N with tert-alkyl or cyclic N) is 1. The van der Waals surface area contributed by atoms with Crippen LogP contribution in [-0.2, 0) is 10.3 Å². The van der Waals surface area contributed by atoms with Gasteiger partial charge in [-0.1, -0.05) is 28.1 Å². The Balaban J connectivity index is 2.03. The monoisotopic (exact) mass is 355 g/mol. The minimum absolute atomic E-state index is 0.0477. The van der Waals surface area contributed by atoms with Crippen LogP contribution in [0.15, 0.2) is 28.7 Å². The van der Waals surface area contributed by atoms with Gasteiger partial charge in [-0.2, -0.15) is 0 Å². The molecule has 2 rings (SSSR count). The van der Waals surface area contributed by atoms with Gasteiger partial charge in [0.15, 0.2) is 0 Å². The van der Waals surface area contributed by atoms with E-state index >= 15 is 0 Å². The van der Waals surface area contributed by atoms with E-state index in [0.29, 0.717) is 19.6 Å². The van der Waals surface area contributed by atoms with E-state index in [4.69, 9.17) is 10.8 Å². The molecule has 5 nitrogen and oxygen atoms in total. The molecule has 1 unspecified atom stereocenters. The lowest BCUT2D eigenvalue weighted by molar-refractivity contribution is -0.138. The van der Waals surface area contributed by atoms with Gasteiger partial charge in [0.25, 0.3) is 0 Å². The summed E-state index contributed by atoms with van der Waals surface area (Å²) < 4.78 is 0.965. The fourth-order valence-electron chi connectivity index (χ4n) is 2.56. The maximum absolute atomic E-state index is 12.7. The molecule has 1 amide bonds. The second kappa shape index (κ2) is 6.87. The Kier molecular flexibility index (Phi) is 5.37. The quantitative estimate of drug-likeness (QED) is 0.836. The molecule has 6 heteroatoms. The highest BCUT2D eigenvalue weighted by atomic mass is 79.9. The second-order valence-electron chi connectivity index (χ2n) is 5.57. The number of carbonyl (C=O) groups is 1. The van der Waals surface area contributed by atoms with Crippen molar-refractivity contribution in [2.24, 2.45) is 5.73 Å². The summed E-state index contributed by atoms with van der Waals surface area (Å²) in [5.41, 5.74) is 6.10. The Bertz CT molecular complexity index is 482. The zero-order chi connectivity index (χ0) is 15.5. The standard InChI is InChI=1S/C15H22BrN3O2/c1-15(17,12-2-4-13(16)5-3-12)14(21)19-8-6-18(7-9-19)10-11-20/h2-5,20H,6-11,17H2,1H3. The van der Waals surface area contributed by atoms with E-state index < -0.39 is 5.54 Å². The van der Waals surface area contributed by atoms with Crippen LogP contribution in [0.3, 0.4) is 0 Å². The van der Waals surface area contributed by atoms with E-state index in [1.54, 1.807) is 6.92 Å². The fraction of sp³-hybridized carbons (Fsp3) is 0.533. The molecule has 0 radical (unpaired) electrons. The van der Waals surface area contributed by atoms with Crippen LogP contribution in [0, 0.1) is 0 Å². The van der Waals surface area contributed by atoms with Crippen LogP contribution in [0.5, 0.6) is 0 Å². The molecule has 0 aromatic heterocycles. The second-order valence-corrected chi connectivity index (χ2v) is 6.48. The van der Waals surface area contributed by atoms with Crippen LogP contribution in [0.2, 0.25) is 0 Å². The van der Waals surface area contributed by atoms with Gasteiger partial charge in [-0.15, -0.1) is 0 Å². The van der Waals surface area contributed by atoms with E-state index in [-0.39, 0.29) is 12.5 Å². The molecule has 1 atom stereocenters. The number of aliphatic hydroxyl groups excluding tert-OH is 1. The topological polar surface area (TPSA) is 69.8 Å². The maximum atomic E-state index is 12.7. The Morgan fingerprint density at radius 1 is 1.29 bits per heavy atom. The van der Waals surface area contributed by atoms with E-state index in [1.165, 1.54) is 0 Å². The molecule has 1 saturated heterocycles. The summed E-state index contributed by atoms with van der Waals surface area (Å²) in [5, 5.41) is 8.95. The van der Waals surface area contributed by atoms with Crippen molar-refractivity contribution >= 4 is 21.8 Å². The van der Waals surface area contributed by atoms with Gasteiger partial charge in [0.05, 0.1) is 6.61 Å². The van der Waals surface area contributed by atoms with Crippen molar-refractivity contribution in [3.8, 4) is 0 Å². The lowest BCUT2D eigenvalue weighted by Gasteiger charge is -2.38. The SMILES string of the molecule is CC(N)(C(=O)N1CCN(CCO)CC1)c1ccc(Br)cc1. The molecular formula is C15H22BrN3O2. The van der Waals surface area contributed by atoms with Crippen molar-refractivity contribution in [1.29, 1.82) is 0 Å². The molecule has 0 saturated carbocycles. The number of benzene rings is 1. The third kappa shape index (κ3) is 3.83. The highest BCUT2D eigenvalue weighted by Gasteiger charge is 2.35. The van der Waals surface area contributed by atoms with Crippen LogP contribution in [-0.4, -0.2) is 60.1 Å². The molecule has 21 heavy (non-hydrogen) atoms. The molecule has 0 bridgehead atoms. The van der Waals surface area contributed by atoms with E-state index in [0.717, 1.165) is 23.1 Å². The minimum Gasteiger partial charge on any atom is -0.395 e. The third-order valence-electron chi connectivity index (χ3n) is 3.96. The average molecular weight is 356 g/mol. The van der Waals surface area contributed by atoms with Gasteiger partial charge in [0.1, 0.15) is 5.54 Å². The van der Waals surface area contributed by atoms with Crippen molar-refractivity contribution in [3.05, 3.63) is 34.3 Å². The Morgan fingerprint density at radius 2 is 1.86 bits per heavy atom. The molecule has 116 valence electrons. The molecule has 1 aliphatic heterocycles. The van der Waals surface area contributed by atoms with E-state index in [1.807, 2.05) is 29.2 Å². The number of aliphatic hydroxyl groups is 1. The van der Waals surface area contributed by atoms with Gasteiger partial charge >= 0.3 is 0 Å². The zero-order valence-corrected chi connectivity index (χ0v) is 13.8. The van der Waals surface area contributed by atoms with E-state index in [2.05, 4.69) is 20.8 Å². The van der Waals surface area contributed by atoms with E-state index in [9.17, 15) is 4.79 Å². The number of carbonyl (C=O) groups excluding carboxylic acids is 1. The van der Waals surface area contributed by atoms with Crippen molar-refractivity contribution in [3.63, 3.8) is 0 Å². The van der Waals surface area contributed by atoms with Crippen LogP contribution in [0.4, 0.5) is 0 Å². The van der Waals surface area contributed by atoms with Crippen LogP contribution >= 0.6 is 15.9 Å². The summed E-state index contributed by atoms with van der Waals surface area (Å²) in [4.78, 5) is 16.7. The summed E-state index contributed by atoms with van der Waals surface area (Å²) in [7, 11) is 0. The van der Waals surface area contributed by atoms with Crippen LogP contribution in [0.1, 0.15) is 12.5 Å². The normalized spacial score (nSPS) is 19.3. The first-order valence-electron chi connectivity index (χ1n) is 7.12. The van der Waals surface area contributed by atoms with Crippen LogP contribution < -0.4 is 5.73 Å². The Morgan fingerprint density at radius 3 is 2.38 bits per heavy atom. The number of nitrogens with zero attached hydrogens (tertiary/aromatic N) is 2. The van der Waals surface area contributed by atoms with Gasteiger partial charge in [-0.25, -0.2) is 0 Å². The van der Waals surface area contributed by atoms with Gasteiger partial charge in [-0.3, -0.25) is 9.69 Å². The number of amides is 1. The summed E-state index contributed by atoms with van der Waals surface area (Å²) in [6.45, 7) is 5.45. The number of hydrogen-bond donors (Lipinski definition) is 2. The van der Waals surface area contributed by atoms with Crippen molar-refractivity contribution < 1.29 is 9.90 Å². The van der Waals surface area contributed by atoms with Gasteiger partial charge in [-0.05, 0) is 24.6 Å². The zero-order valence-electron chi connectivity index (χ0n) is 12.3. The first kappa shape index (κ1) is 16.4. The van der Waals surface area contributed by atoms with Gasteiger partial charge in [0.2, 0.25) is 5.91 Å². The van der Waals surface area contributed by atoms with Crippen molar-refractivity contribution in [2.75, 3.05) is 39.3 Å². The highest BCUT2D eigenvalue weighted by Crippen LogP contribution is 2.23. The molecule has 1 aliphatic rings. The molecule has 1 aromatic carbocycles.